The van der Waals surface area contributed by atoms with Crippen LogP contribution in [0.3, 0.4) is 0 Å². The molecular weight excluding hydrogens is 352 g/mol. The SMILES string of the molecule is CCCc1[nH]c2ncnc(Nc3cc(C=N)c(N)cc3OC(C)C)c2c1CC. The second-order valence-electron chi connectivity index (χ2n) is 7.04. The Bertz CT molecular complexity index is 992. The Kier molecular flexibility index (Phi) is 5.82. The molecule has 1 aromatic carbocycles. The van der Waals surface area contributed by atoms with Gasteiger partial charge in [-0.2, -0.15) is 0 Å². The summed E-state index contributed by atoms with van der Waals surface area (Å²) < 4.78 is 5.94. The lowest BCUT2D eigenvalue weighted by atomic mass is 10.1. The first kappa shape index (κ1) is 19.7. The first-order valence-corrected chi connectivity index (χ1v) is 9.70. The highest BCUT2D eigenvalue weighted by Crippen LogP contribution is 2.35. The third-order valence-corrected chi connectivity index (χ3v) is 4.59. The van der Waals surface area contributed by atoms with Crippen LogP contribution in [0.4, 0.5) is 17.2 Å². The Balaban J connectivity index is 2.13. The third kappa shape index (κ3) is 3.78. The maximum absolute atomic E-state index is 7.61. The van der Waals surface area contributed by atoms with E-state index >= 15 is 0 Å². The van der Waals surface area contributed by atoms with E-state index in [9.17, 15) is 0 Å². The molecular formula is C21H28N6O. The Morgan fingerprint density at radius 2 is 2.07 bits per heavy atom. The van der Waals surface area contributed by atoms with Crippen molar-refractivity contribution in [2.75, 3.05) is 11.1 Å². The van der Waals surface area contributed by atoms with Crippen LogP contribution >= 0.6 is 0 Å². The van der Waals surface area contributed by atoms with Gasteiger partial charge in [0.15, 0.2) is 0 Å². The summed E-state index contributed by atoms with van der Waals surface area (Å²) in [4.78, 5) is 12.4. The second-order valence-corrected chi connectivity index (χ2v) is 7.04. The topological polar surface area (TPSA) is 113 Å². The van der Waals surface area contributed by atoms with Crippen molar-refractivity contribution in [2.24, 2.45) is 0 Å². The first-order chi connectivity index (χ1) is 13.5. The van der Waals surface area contributed by atoms with Crippen molar-refractivity contribution in [1.29, 1.82) is 5.41 Å². The largest absolute Gasteiger partial charge is 0.489 e. The van der Waals surface area contributed by atoms with Crippen molar-refractivity contribution in [3.8, 4) is 5.75 Å². The quantitative estimate of drug-likeness (QED) is 0.337. The fraction of sp³-hybridized carbons (Fsp3) is 0.381. The predicted octanol–water partition coefficient (Wildman–Crippen LogP) is 4.58. The number of nitrogens with two attached hydrogens (primary N) is 1. The fourth-order valence-electron chi connectivity index (χ4n) is 3.40. The van der Waals surface area contributed by atoms with Crippen LogP contribution in [0.5, 0.6) is 5.75 Å². The number of rotatable bonds is 8. The number of nitrogens with zero attached hydrogens (tertiary/aromatic N) is 2. The summed E-state index contributed by atoms with van der Waals surface area (Å²) in [7, 11) is 0. The lowest BCUT2D eigenvalue weighted by Crippen LogP contribution is -2.09. The zero-order valence-corrected chi connectivity index (χ0v) is 16.9. The van der Waals surface area contributed by atoms with Gasteiger partial charge in [0.05, 0.1) is 17.2 Å². The molecule has 2 aromatic heterocycles. The van der Waals surface area contributed by atoms with Crippen LogP contribution in [-0.4, -0.2) is 27.3 Å². The zero-order valence-electron chi connectivity index (χ0n) is 16.9. The van der Waals surface area contributed by atoms with Crippen molar-refractivity contribution in [1.82, 2.24) is 15.0 Å². The smallest absolute Gasteiger partial charge is 0.145 e. The van der Waals surface area contributed by atoms with Gasteiger partial charge < -0.3 is 26.2 Å². The number of fused-ring (bicyclic) bond motifs is 1. The Labute approximate surface area is 165 Å². The molecule has 5 N–H and O–H groups in total. The lowest BCUT2D eigenvalue weighted by Gasteiger charge is -2.17. The van der Waals surface area contributed by atoms with E-state index < -0.39 is 0 Å². The minimum atomic E-state index is -0.00850. The average molecular weight is 380 g/mol. The Morgan fingerprint density at radius 1 is 1.29 bits per heavy atom. The van der Waals surface area contributed by atoms with Gasteiger partial charge in [0.25, 0.3) is 0 Å². The number of H-pyrrole nitrogens is 1. The molecule has 2 heterocycles. The van der Waals surface area contributed by atoms with Gasteiger partial charge >= 0.3 is 0 Å². The van der Waals surface area contributed by atoms with Crippen molar-refractivity contribution >= 4 is 34.4 Å². The van der Waals surface area contributed by atoms with Gasteiger partial charge in [0.2, 0.25) is 0 Å². The average Bonchev–Trinajstić information content (AvgIpc) is 3.01. The number of aromatic nitrogens is 3. The summed E-state index contributed by atoms with van der Waals surface area (Å²) in [5.41, 5.74) is 11.2. The van der Waals surface area contributed by atoms with Crippen LogP contribution in [0, 0.1) is 5.41 Å². The molecule has 0 atom stereocenters. The van der Waals surface area contributed by atoms with E-state index in [-0.39, 0.29) is 6.10 Å². The summed E-state index contributed by atoms with van der Waals surface area (Å²) in [5, 5.41) is 12.0. The summed E-state index contributed by atoms with van der Waals surface area (Å²) >= 11 is 0. The zero-order chi connectivity index (χ0) is 20.3. The molecule has 28 heavy (non-hydrogen) atoms. The van der Waals surface area contributed by atoms with Crippen molar-refractivity contribution in [3.05, 3.63) is 35.3 Å². The van der Waals surface area contributed by atoms with Gasteiger partial charge in [0.1, 0.15) is 23.5 Å². The maximum Gasteiger partial charge on any atom is 0.145 e. The Hall–Kier alpha value is -3.09. The van der Waals surface area contributed by atoms with Gasteiger partial charge in [-0.05, 0) is 38.3 Å². The maximum atomic E-state index is 7.61. The molecule has 3 rings (SSSR count). The Morgan fingerprint density at radius 3 is 2.71 bits per heavy atom. The van der Waals surface area contributed by atoms with E-state index in [1.54, 1.807) is 12.4 Å². The minimum Gasteiger partial charge on any atom is -0.489 e. The first-order valence-electron chi connectivity index (χ1n) is 9.70. The van der Waals surface area contributed by atoms with E-state index in [0.29, 0.717) is 17.0 Å². The third-order valence-electron chi connectivity index (χ3n) is 4.59. The van der Waals surface area contributed by atoms with E-state index in [1.165, 1.54) is 17.5 Å². The molecule has 0 radical (unpaired) electrons. The van der Waals surface area contributed by atoms with E-state index in [2.05, 4.69) is 34.1 Å². The molecule has 0 bridgehead atoms. The van der Waals surface area contributed by atoms with E-state index in [0.717, 1.165) is 41.8 Å². The second kappa shape index (κ2) is 8.29. The van der Waals surface area contributed by atoms with Crippen LogP contribution in [0.1, 0.15) is 50.9 Å². The van der Waals surface area contributed by atoms with Crippen LogP contribution in [0.2, 0.25) is 0 Å². The van der Waals surface area contributed by atoms with Crippen LogP contribution in [0.25, 0.3) is 11.0 Å². The molecule has 7 nitrogen and oxygen atoms in total. The van der Waals surface area contributed by atoms with Crippen LogP contribution < -0.4 is 15.8 Å². The van der Waals surface area contributed by atoms with Gasteiger partial charge in [-0.15, -0.1) is 0 Å². The molecule has 0 saturated heterocycles. The number of anilines is 3. The minimum absolute atomic E-state index is 0.00850. The van der Waals surface area contributed by atoms with Gasteiger partial charge in [0, 0.05) is 29.2 Å². The number of aryl methyl sites for hydroxylation is 2. The highest BCUT2D eigenvalue weighted by atomic mass is 16.5. The molecule has 0 amide bonds. The number of nitrogen functional groups attached to an aromatic ring is 1. The van der Waals surface area contributed by atoms with Crippen molar-refractivity contribution < 1.29 is 4.74 Å². The van der Waals surface area contributed by atoms with Crippen LogP contribution in [-0.2, 0) is 12.8 Å². The van der Waals surface area contributed by atoms with Gasteiger partial charge in [-0.3, -0.25) is 0 Å². The number of hydrogen-bond donors (Lipinski definition) is 4. The summed E-state index contributed by atoms with van der Waals surface area (Å²) in [6.07, 6.45) is 5.70. The highest BCUT2D eigenvalue weighted by Gasteiger charge is 2.17. The normalized spacial score (nSPS) is 11.2. The molecule has 0 aliphatic carbocycles. The number of aromatic amines is 1. The fourth-order valence-corrected chi connectivity index (χ4v) is 3.40. The summed E-state index contributed by atoms with van der Waals surface area (Å²) in [5.74, 6) is 1.35. The summed E-state index contributed by atoms with van der Waals surface area (Å²) in [6, 6.07) is 3.57. The van der Waals surface area contributed by atoms with Crippen molar-refractivity contribution in [3.63, 3.8) is 0 Å². The molecule has 148 valence electrons. The molecule has 0 fully saturated rings. The standard InChI is InChI=1S/C21H28N6O/c1-5-7-16-14(6-2)19-20(26-16)24-11-25-21(19)27-17-8-13(10-22)15(23)9-18(17)28-12(3)4/h8-12,22H,5-7,23H2,1-4H3,(H2,24,25,26,27). The number of hydrogen-bond acceptors (Lipinski definition) is 6. The lowest BCUT2D eigenvalue weighted by molar-refractivity contribution is 0.244. The van der Waals surface area contributed by atoms with Crippen LogP contribution in [0.15, 0.2) is 18.5 Å². The molecule has 3 aromatic rings. The monoisotopic (exact) mass is 380 g/mol. The van der Waals surface area contributed by atoms with Gasteiger partial charge in [-0.25, -0.2) is 9.97 Å². The molecule has 0 aliphatic rings. The van der Waals surface area contributed by atoms with E-state index in [1.807, 2.05) is 19.9 Å². The summed E-state index contributed by atoms with van der Waals surface area (Å²) in [6.45, 7) is 8.23. The number of nitrogens with one attached hydrogen (secondary N) is 3. The highest BCUT2D eigenvalue weighted by molar-refractivity contribution is 5.95. The van der Waals surface area contributed by atoms with E-state index in [4.69, 9.17) is 15.9 Å². The molecule has 0 spiro atoms. The van der Waals surface area contributed by atoms with Crippen molar-refractivity contribution in [2.45, 2.75) is 53.1 Å². The molecule has 7 heteroatoms. The van der Waals surface area contributed by atoms with Gasteiger partial charge in [-0.1, -0.05) is 20.3 Å². The molecule has 0 saturated carbocycles. The number of benzene rings is 1. The number of ether oxygens (including phenoxy) is 1. The molecule has 0 unspecified atom stereocenters. The molecule has 0 aliphatic heterocycles. The predicted molar refractivity (Wildman–Crippen MR) is 115 cm³/mol.